The summed E-state index contributed by atoms with van der Waals surface area (Å²) in [5.41, 5.74) is 5.32. The predicted octanol–water partition coefficient (Wildman–Crippen LogP) is 2.30. The highest BCUT2D eigenvalue weighted by Gasteiger charge is 2.18. The highest BCUT2D eigenvalue weighted by atomic mass is 35.5. The molecular formula is C14H25ClN2O3S. The van der Waals surface area contributed by atoms with Gasteiger partial charge in [-0.3, -0.25) is 0 Å². The van der Waals surface area contributed by atoms with Crippen molar-refractivity contribution in [1.82, 2.24) is 4.72 Å². The van der Waals surface area contributed by atoms with Gasteiger partial charge in [-0.25, -0.2) is 13.1 Å². The molecule has 21 heavy (non-hydrogen) atoms. The Bertz CT molecular complexity index is 495. The molecule has 0 saturated carbocycles. The normalized spacial score (nSPS) is 11.0. The number of ether oxygens (including phenoxy) is 1. The van der Waals surface area contributed by atoms with Gasteiger partial charge in [0.15, 0.2) is 0 Å². The van der Waals surface area contributed by atoms with Gasteiger partial charge in [0.05, 0.1) is 6.61 Å². The van der Waals surface area contributed by atoms with Crippen LogP contribution in [-0.2, 0) is 10.0 Å². The zero-order chi connectivity index (χ0) is 14.8. The molecule has 1 rings (SSSR count). The Balaban J connectivity index is 0.00000400. The molecule has 0 amide bonds. The van der Waals surface area contributed by atoms with Crippen molar-refractivity contribution in [3.8, 4) is 5.75 Å². The topological polar surface area (TPSA) is 81.4 Å². The maximum atomic E-state index is 12.1. The van der Waals surface area contributed by atoms with Gasteiger partial charge in [-0.1, -0.05) is 38.3 Å². The van der Waals surface area contributed by atoms with Crippen molar-refractivity contribution in [2.45, 2.75) is 37.5 Å². The number of halogens is 1. The van der Waals surface area contributed by atoms with E-state index in [2.05, 4.69) is 11.6 Å². The van der Waals surface area contributed by atoms with Crippen LogP contribution in [0.2, 0.25) is 0 Å². The van der Waals surface area contributed by atoms with Crippen molar-refractivity contribution in [3.05, 3.63) is 24.3 Å². The SMILES string of the molecule is CCCCCCOc1ccccc1S(=O)(=O)NCCN.Cl. The molecule has 0 aliphatic carbocycles. The number of para-hydroxylation sites is 1. The van der Waals surface area contributed by atoms with Gasteiger partial charge >= 0.3 is 0 Å². The standard InChI is InChI=1S/C14H24N2O3S.ClH/c1-2-3-4-7-12-19-13-8-5-6-9-14(13)20(17,18)16-11-10-15;/h5-6,8-9,16H,2-4,7,10-12,15H2,1H3;1H. The Morgan fingerprint density at radius 3 is 2.57 bits per heavy atom. The van der Waals surface area contributed by atoms with Crippen molar-refractivity contribution in [3.63, 3.8) is 0 Å². The Morgan fingerprint density at radius 1 is 1.19 bits per heavy atom. The number of unbranched alkanes of at least 4 members (excludes halogenated alkanes) is 3. The number of rotatable bonds is 10. The molecule has 0 saturated heterocycles. The Labute approximate surface area is 133 Å². The molecule has 0 atom stereocenters. The van der Waals surface area contributed by atoms with E-state index >= 15 is 0 Å². The number of nitrogens with one attached hydrogen (secondary N) is 1. The molecule has 0 fully saturated rings. The van der Waals surface area contributed by atoms with E-state index in [0.717, 1.165) is 19.3 Å². The molecule has 7 heteroatoms. The highest BCUT2D eigenvalue weighted by Crippen LogP contribution is 2.23. The van der Waals surface area contributed by atoms with Crippen LogP contribution in [0.3, 0.4) is 0 Å². The third kappa shape index (κ3) is 7.13. The van der Waals surface area contributed by atoms with Gasteiger partial charge in [0.1, 0.15) is 10.6 Å². The van der Waals surface area contributed by atoms with Crippen LogP contribution in [0, 0.1) is 0 Å². The molecule has 5 nitrogen and oxygen atoms in total. The number of nitrogens with two attached hydrogens (primary N) is 1. The monoisotopic (exact) mass is 336 g/mol. The van der Waals surface area contributed by atoms with Crippen LogP contribution in [-0.4, -0.2) is 28.1 Å². The third-order valence-electron chi connectivity index (χ3n) is 2.83. The minimum Gasteiger partial charge on any atom is -0.492 e. The fraction of sp³-hybridized carbons (Fsp3) is 0.571. The lowest BCUT2D eigenvalue weighted by atomic mass is 10.2. The quantitative estimate of drug-likeness (QED) is 0.642. The van der Waals surface area contributed by atoms with Crippen molar-refractivity contribution < 1.29 is 13.2 Å². The first-order chi connectivity index (χ1) is 9.61. The average molecular weight is 337 g/mol. The Morgan fingerprint density at radius 2 is 1.90 bits per heavy atom. The first kappa shape index (κ1) is 20.2. The summed E-state index contributed by atoms with van der Waals surface area (Å²) in [7, 11) is -3.56. The van der Waals surface area contributed by atoms with Crippen LogP contribution < -0.4 is 15.2 Å². The molecule has 0 radical (unpaired) electrons. The van der Waals surface area contributed by atoms with Gasteiger partial charge in [-0.15, -0.1) is 12.4 Å². The maximum absolute atomic E-state index is 12.1. The van der Waals surface area contributed by atoms with Crippen molar-refractivity contribution in [2.24, 2.45) is 5.73 Å². The van der Waals surface area contributed by atoms with Crippen LogP contribution in [0.25, 0.3) is 0 Å². The van der Waals surface area contributed by atoms with Crippen molar-refractivity contribution in [1.29, 1.82) is 0 Å². The van der Waals surface area contributed by atoms with Crippen LogP contribution in [0.5, 0.6) is 5.75 Å². The molecule has 0 aromatic heterocycles. The lowest BCUT2D eigenvalue weighted by Gasteiger charge is -2.12. The molecule has 122 valence electrons. The molecule has 3 N–H and O–H groups in total. The van der Waals surface area contributed by atoms with Gasteiger partial charge in [0.2, 0.25) is 10.0 Å². The second kappa shape index (κ2) is 10.8. The fourth-order valence-electron chi connectivity index (χ4n) is 1.77. The summed E-state index contributed by atoms with van der Waals surface area (Å²) < 4.78 is 32.2. The lowest BCUT2D eigenvalue weighted by Crippen LogP contribution is -2.29. The van der Waals surface area contributed by atoms with E-state index in [1.54, 1.807) is 24.3 Å². The summed E-state index contributed by atoms with van der Waals surface area (Å²) in [5, 5.41) is 0. The van der Waals surface area contributed by atoms with Gasteiger partial charge in [0, 0.05) is 13.1 Å². The maximum Gasteiger partial charge on any atom is 0.244 e. The lowest BCUT2D eigenvalue weighted by molar-refractivity contribution is 0.297. The molecule has 0 heterocycles. The molecule has 0 spiro atoms. The van der Waals surface area contributed by atoms with E-state index in [-0.39, 0.29) is 30.4 Å². The number of sulfonamides is 1. The van der Waals surface area contributed by atoms with E-state index in [1.807, 2.05) is 0 Å². The molecule has 1 aromatic rings. The van der Waals surface area contributed by atoms with Crippen LogP contribution in [0.4, 0.5) is 0 Å². The fourth-order valence-corrected chi connectivity index (χ4v) is 2.97. The van der Waals surface area contributed by atoms with Crippen molar-refractivity contribution in [2.75, 3.05) is 19.7 Å². The Kier molecular flexibility index (Phi) is 10.4. The second-order valence-electron chi connectivity index (χ2n) is 4.54. The zero-order valence-electron chi connectivity index (χ0n) is 12.4. The molecule has 0 bridgehead atoms. The first-order valence-corrected chi connectivity index (χ1v) is 8.51. The minimum absolute atomic E-state index is 0. The summed E-state index contributed by atoms with van der Waals surface area (Å²) in [6, 6.07) is 6.67. The van der Waals surface area contributed by atoms with Crippen LogP contribution in [0.15, 0.2) is 29.2 Å². The number of benzene rings is 1. The second-order valence-corrected chi connectivity index (χ2v) is 6.28. The summed E-state index contributed by atoms with van der Waals surface area (Å²) >= 11 is 0. The largest absolute Gasteiger partial charge is 0.492 e. The summed E-state index contributed by atoms with van der Waals surface area (Å²) in [6.07, 6.45) is 4.35. The van der Waals surface area contributed by atoms with E-state index in [0.29, 0.717) is 12.4 Å². The van der Waals surface area contributed by atoms with E-state index in [4.69, 9.17) is 10.5 Å². The molecule has 0 aliphatic heterocycles. The van der Waals surface area contributed by atoms with Gasteiger partial charge in [-0.05, 0) is 18.6 Å². The Hall–Kier alpha value is -0.820. The number of hydrogen-bond acceptors (Lipinski definition) is 4. The van der Waals surface area contributed by atoms with Crippen molar-refractivity contribution >= 4 is 22.4 Å². The molecule has 1 aromatic carbocycles. The van der Waals surface area contributed by atoms with E-state index < -0.39 is 10.0 Å². The molecular weight excluding hydrogens is 312 g/mol. The first-order valence-electron chi connectivity index (χ1n) is 7.03. The molecule has 0 unspecified atom stereocenters. The van der Waals surface area contributed by atoms with E-state index in [1.165, 1.54) is 6.42 Å². The van der Waals surface area contributed by atoms with Crippen LogP contribution in [0.1, 0.15) is 32.6 Å². The zero-order valence-corrected chi connectivity index (χ0v) is 14.0. The van der Waals surface area contributed by atoms with Gasteiger partial charge < -0.3 is 10.5 Å². The van der Waals surface area contributed by atoms with E-state index in [9.17, 15) is 8.42 Å². The summed E-state index contributed by atoms with van der Waals surface area (Å²) in [5.74, 6) is 0.397. The smallest absolute Gasteiger partial charge is 0.244 e. The third-order valence-corrected chi connectivity index (χ3v) is 4.33. The minimum atomic E-state index is -3.56. The van der Waals surface area contributed by atoms with Gasteiger partial charge in [-0.2, -0.15) is 0 Å². The van der Waals surface area contributed by atoms with Gasteiger partial charge in [0.25, 0.3) is 0 Å². The summed E-state index contributed by atoms with van der Waals surface area (Å²) in [6.45, 7) is 3.15. The number of hydrogen-bond donors (Lipinski definition) is 2. The average Bonchev–Trinajstić information content (AvgIpc) is 2.45. The highest BCUT2D eigenvalue weighted by molar-refractivity contribution is 7.89. The van der Waals surface area contributed by atoms with Crippen LogP contribution >= 0.6 is 12.4 Å². The molecule has 0 aliphatic rings. The summed E-state index contributed by atoms with van der Waals surface area (Å²) in [4.78, 5) is 0.170. The predicted molar refractivity (Wildman–Crippen MR) is 87.6 cm³/mol.